The number of aromatic nitrogens is 2. The summed E-state index contributed by atoms with van der Waals surface area (Å²) in [5.41, 5.74) is 0. The van der Waals surface area contributed by atoms with E-state index < -0.39 is 0 Å². The molecule has 0 aliphatic rings. The minimum absolute atomic E-state index is 1.23. The number of aryl methyl sites for hydroxylation is 2. The van der Waals surface area contributed by atoms with Crippen LogP contribution in [0.1, 0.15) is 283 Å². The quantitative estimate of drug-likeness (QED) is 0.0471. The topological polar surface area (TPSA) is 8.81 Å². The number of hydrogen-bond acceptors (Lipinski definition) is 0. The molecular formula is C49H97N2+. The van der Waals surface area contributed by atoms with Gasteiger partial charge in [-0.3, -0.25) is 0 Å². The predicted octanol–water partition coefficient (Wildman–Crippen LogP) is 17.0. The Kier molecular flexibility index (Phi) is 38.2. The fourth-order valence-corrected chi connectivity index (χ4v) is 8.27. The zero-order valence-electron chi connectivity index (χ0n) is 36.0. The van der Waals surface area contributed by atoms with Crippen LogP contribution in [0.5, 0.6) is 0 Å². The molecule has 2 nitrogen and oxygen atoms in total. The fraction of sp³-hybridized carbons (Fsp3) is 0.939. The Labute approximate surface area is 323 Å². The molecule has 0 unspecified atom stereocenters. The van der Waals surface area contributed by atoms with E-state index in [-0.39, 0.29) is 0 Å². The van der Waals surface area contributed by atoms with Crippen molar-refractivity contribution in [3.05, 3.63) is 18.2 Å². The summed E-state index contributed by atoms with van der Waals surface area (Å²) in [5.74, 6) is 1.63. The van der Waals surface area contributed by atoms with Crippen molar-refractivity contribution in [1.29, 1.82) is 0 Å². The summed E-state index contributed by atoms with van der Waals surface area (Å²) >= 11 is 0. The van der Waals surface area contributed by atoms with Gasteiger partial charge in [-0.1, -0.05) is 245 Å². The fourth-order valence-electron chi connectivity index (χ4n) is 8.27. The van der Waals surface area contributed by atoms with Crippen molar-refractivity contribution in [2.24, 2.45) is 0 Å². The third-order valence-corrected chi connectivity index (χ3v) is 11.8. The molecule has 0 spiro atoms. The van der Waals surface area contributed by atoms with Gasteiger partial charge in [0.2, 0.25) is 0 Å². The summed E-state index contributed by atoms with van der Waals surface area (Å²) in [6, 6.07) is 0. The van der Waals surface area contributed by atoms with E-state index in [1.807, 2.05) is 0 Å². The Morgan fingerprint density at radius 1 is 0.333 bits per heavy atom. The van der Waals surface area contributed by atoms with Crippen molar-refractivity contribution >= 4 is 0 Å². The van der Waals surface area contributed by atoms with Crippen LogP contribution in [0.25, 0.3) is 0 Å². The van der Waals surface area contributed by atoms with Gasteiger partial charge in [-0.2, -0.15) is 0 Å². The molecular weight excluding hydrogens is 617 g/mol. The summed E-state index contributed by atoms with van der Waals surface area (Å²) < 4.78 is 5.29. The number of hydrogen-bond donors (Lipinski definition) is 0. The Morgan fingerprint density at radius 3 is 0.941 bits per heavy atom. The van der Waals surface area contributed by atoms with Crippen molar-refractivity contribution < 1.29 is 4.57 Å². The summed E-state index contributed by atoms with van der Waals surface area (Å²) in [7, 11) is 0. The Morgan fingerprint density at radius 2 is 0.608 bits per heavy atom. The van der Waals surface area contributed by atoms with E-state index in [4.69, 9.17) is 0 Å². The molecule has 0 aliphatic heterocycles. The second-order valence-electron chi connectivity index (χ2n) is 16.9. The first-order chi connectivity index (χ1) is 25.3. The SMILES string of the molecule is CCCCCCCCCCCCCCCCCCC[n+]1ccn(CCCCCCCCCCCCCCCCCC)c1CCCCCCCCC. The lowest BCUT2D eigenvalue weighted by molar-refractivity contribution is -0.704. The van der Waals surface area contributed by atoms with Crippen molar-refractivity contribution in [3.8, 4) is 0 Å². The molecule has 1 aromatic heterocycles. The van der Waals surface area contributed by atoms with Gasteiger partial charge in [0.05, 0.1) is 13.1 Å². The summed E-state index contributed by atoms with van der Waals surface area (Å²) in [6.45, 7) is 9.42. The highest BCUT2D eigenvalue weighted by Gasteiger charge is 2.16. The first-order valence-corrected chi connectivity index (χ1v) is 24.4. The molecule has 0 saturated carbocycles. The lowest BCUT2D eigenvalue weighted by Gasteiger charge is -2.07. The van der Waals surface area contributed by atoms with E-state index in [0.29, 0.717) is 0 Å². The monoisotopic (exact) mass is 714 g/mol. The molecule has 0 saturated heterocycles. The maximum absolute atomic E-state index is 2.65. The Hall–Kier alpha value is -0.790. The van der Waals surface area contributed by atoms with Crippen molar-refractivity contribution in [2.75, 3.05) is 0 Å². The first kappa shape index (κ1) is 48.2. The van der Waals surface area contributed by atoms with Gasteiger partial charge in [0.15, 0.2) is 0 Å². The molecule has 0 radical (unpaired) electrons. The standard InChI is InChI=1S/C49H97N2/c1-4-7-10-13-16-18-20-22-24-26-28-30-32-34-37-40-43-46-51-48-47-50(49(51)44-41-38-35-15-12-9-6-3)45-42-39-36-33-31-29-27-25-23-21-19-17-14-11-8-5-2/h47-48H,4-46H2,1-3H3/q+1. The smallest absolute Gasteiger partial charge is 0.234 e. The third-order valence-electron chi connectivity index (χ3n) is 11.8. The number of unbranched alkanes of at least 4 members (excludes halogenated alkanes) is 37. The lowest BCUT2D eigenvalue weighted by Crippen LogP contribution is -2.37. The van der Waals surface area contributed by atoms with E-state index in [9.17, 15) is 0 Å². The predicted molar refractivity (Wildman–Crippen MR) is 230 cm³/mol. The van der Waals surface area contributed by atoms with Gasteiger partial charge in [0, 0.05) is 6.42 Å². The second kappa shape index (κ2) is 40.4. The molecule has 2 heteroatoms. The average Bonchev–Trinajstić information content (AvgIpc) is 3.53. The van der Waals surface area contributed by atoms with E-state index in [1.54, 1.807) is 5.82 Å². The van der Waals surface area contributed by atoms with Crippen molar-refractivity contribution in [1.82, 2.24) is 4.57 Å². The maximum atomic E-state index is 2.65. The van der Waals surface area contributed by atoms with Gasteiger partial charge >= 0.3 is 0 Å². The highest BCUT2D eigenvalue weighted by molar-refractivity contribution is 4.84. The number of imidazole rings is 1. The van der Waals surface area contributed by atoms with Crippen LogP contribution in [0, 0.1) is 0 Å². The molecule has 0 aromatic carbocycles. The van der Waals surface area contributed by atoms with Crippen LogP contribution >= 0.6 is 0 Å². The van der Waals surface area contributed by atoms with Gasteiger partial charge in [0.25, 0.3) is 5.82 Å². The van der Waals surface area contributed by atoms with Crippen LogP contribution in [0.2, 0.25) is 0 Å². The van der Waals surface area contributed by atoms with Gasteiger partial charge in [-0.25, -0.2) is 9.13 Å². The van der Waals surface area contributed by atoms with Crippen LogP contribution < -0.4 is 4.57 Å². The average molecular weight is 714 g/mol. The molecule has 0 aliphatic carbocycles. The molecule has 51 heavy (non-hydrogen) atoms. The molecule has 0 bridgehead atoms. The van der Waals surface area contributed by atoms with Crippen LogP contribution in [-0.2, 0) is 19.5 Å². The zero-order chi connectivity index (χ0) is 36.6. The molecule has 1 aromatic rings. The zero-order valence-corrected chi connectivity index (χ0v) is 36.0. The Balaban J connectivity index is 2.16. The maximum Gasteiger partial charge on any atom is 0.256 e. The van der Waals surface area contributed by atoms with Crippen LogP contribution in [0.3, 0.4) is 0 Å². The van der Waals surface area contributed by atoms with Crippen molar-refractivity contribution in [3.63, 3.8) is 0 Å². The second-order valence-corrected chi connectivity index (χ2v) is 16.9. The van der Waals surface area contributed by atoms with E-state index in [0.717, 1.165) is 0 Å². The summed E-state index contributed by atoms with van der Waals surface area (Å²) in [4.78, 5) is 0. The van der Waals surface area contributed by atoms with Crippen LogP contribution in [0.15, 0.2) is 12.4 Å². The first-order valence-electron chi connectivity index (χ1n) is 24.4. The summed E-state index contributed by atoms with van der Waals surface area (Å²) in [6.07, 6.45) is 63.8. The molecule has 0 N–H and O–H groups in total. The minimum Gasteiger partial charge on any atom is -0.234 e. The third kappa shape index (κ3) is 32.4. The van der Waals surface area contributed by atoms with E-state index in [2.05, 4.69) is 42.3 Å². The van der Waals surface area contributed by atoms with E-state index >= 15 is 0 Å². The molecule has 1 heterocycles. The molecule has 0 amide bonds. The Bertz CT molecular complexity index is 781. The van der Waals surface area contributed by atoms with Crippen LogP contribution in [-0.4, -0.2) is 4.57 Å². The number of nitrogens with zero attached hydrogens (tertiary/aromatic N) is 2. The minimum atomic E-state index is 1.23. The van der Waals surface area contributed by atoms with Crippen molar-refractivity contribution in [2.45, 2.75) is 297 Å². The largest absolute Gasteiger partial charge is 0.256 e. The van der Waals surface area contributed by atoms with Gasteiger partial charge in [0.1, 0.15) is 12.4 Å². The lowest BCUT2D eigenvalue weighted by atomic mass is 10.0. The normalized spacial score (nSPS) is 11.7. The van der Waals surface area contributed by atoms with Gasteiger partial charge in [-0.05, 0) is 32.1 Å². The van der Waals surface area contributed by atoms with Crippen LogP contribution in [0.4, 0.5) is 0 Å². The number of rotatable bonds is 43. The van der Waals surface area contributed by atoms with Gasteiger partial charge in [-0.15, -0.1) is 0 Å². The molecule has 302 valence electrons. The highest BCUT2D eigenvalue weighted by Crippen LogP contribution is 2.17. The molecule has 0 atom stereocenters. The summed E-state index contributed by atoms with van der Waals surface area (Å²) in [5, 5.41) is 0. The molecule has 0 fully saturated rings. The highest BCUT2D eigenvalue weighted by atomic mass is 15.1. The van der Waals surface area contributed by atoms with Gasteiger partial charge < -0.3 is 0 Å². The van der Waals surface area contributed by atoms with E-state index in [1.165, 1.54) is 276 Å². The molecule has 1 rings (SSSR count).